The SMILES string of the molecule is CCc1ccccc1NC(=O)C(CC)CN. The first-order valence-electron chi connectivity index (χ1n) is 5.81. The van der Waals surface area contributed by atoms with Gasteiger partial charge >= 0.3 is 0 Å². The number of nitrogens with two attached hydrogens (primary N) is 1. The molecule has 1 rings (SSSR count). The van der Waals surface area contributed by atoms with Crippen LogP contribution in [0.5, 0.6) is 0 Å². The lowest BCUT2D eigenvalue weighted by Gasteiger charge is -2.14. The van der Waals surface area contributed by atoms with E-state index in [2.05, 4.69) is 12.2 Å². The van der Waals surface area contributed by atoms with Gasteiger partial charge in [-0.15, -0.1) is 0 Å². The number of hydrogen-bond donors (Lipinski definition) is 2. The second kappa shape index (κ2) is 6.28. The zero-order valence-electron chi connectivity index (χ0n) is 9.99. The third-order valence-electron chi connectivity index (χ3n) is 2.80. The highest BCUT2D eigenvalue weighted by Gasteiger charge is 2.15. The quantitative estimate of drug-likeness (QED) is 0.799. The van der Waals surface area contributed by atoms with Crippen molar-refractivity contribution in [3.63, 3.8) is 0 Å². The van der Waals surface area contributed by atoms with E-state index in [4.69, 9.17) is 5.73 Å². The van der Waals surface area contributed by atoms with E-state index in [1.165, 1.54) is 0 Å². The molecular formula is C13H20N2O. The summed E-state index contributed by atoms with van der Waals surface area (Å²) in [7, 11) is 0. The maximum atomic E-state index is 11.9. The Kier molecular flexibility index (Phi) is 4.99. The molecule has 0 radical (unpaired) electrons. The van der Waals surface area contributed by atoms with Gasteiger partial charge in [-0.3, -0.25) is 4.79 Å². The third kappa shape index (κ3) is 3.07. The summed E-state index contributed by atoms with van der Waals surface area (Å²) < 4.78 is 0. The van der Waals surface area contributed by atoms with Gasteiger partial charge in [-0.05, 0) is 24.5 Å². The molecule has 0 saturated heterocycles. The fraction of sp³-hybridized carbons (Fsp3) is 0.462. The van der Waals surface area contributed by atoms with Crippen LogP contribution in [0.2, 0.25) is 0 Å². The van der Waals surface area contributed by atoms with Crippen LogP contribution in [0, 0.1) is 5.92 Å². The van der Waals surface area contributed by atoms with Crippen molar-refractivity contribution in [2.24, 2.45) is 11.7 Å². The monoisotopic (exact) mass is 220 g/mol. The molecule has 88 valence electrons. The zero-order chi connectivity index (χ0) is 12.0. The van der Waals surface area contributed by atoms with Crippen LogP contribution < -0.4 is 11.1 Å². The molecule has 0 fully saturated rings. The second-order valence-corrected chi connectivity index (χ2v) is 3.84. The summed E-state index contributed by atoms with van der Waals surface area (Å²) in [5.74, 6) is -0.0733. The fourth-order valence-corrected chi connectivity index (χ4v) is 1.64. The number of benzene rings is 1. The number of carbonyl (C=O) groups is 1. The highest BCUT2D eigenvalue weighted by atomic mass is 16.1. The van der Waals surface area contributed by atoms with Crippen LogP contribution in [0.15, 0.2) is 24.3 Å². The molecule has 3 heteroatoms. The summed E-state index contributed by atoms with van der Waals surface area (Å²) in [6.45, 7) is 4.45. The van der Waals surface area contributed by atoms with Crippen molar-refractivity contribution < 1.29 is 4.79 Å². The minimum absolute atomic E-state index is 0.0194. The zero-order valence-corrected chi connectivity index (χ0v) is 9.99. The minimum Gasteiger partial charge on any atom is -0.330 e. The number of hydrogen-bond acceptors (Lipinski definition) is 2. The van der Waals surface area contributed by atoms with Crippen molar-refractivity contribution >= 4 is 11.6 Å². The van der Waals surface area contributed by atoms with Crippen molar-refractivity contribution in [2.45, 2.75) is 26.7 Å². The van der Waals surface area contributed by atoms with Gasteiger partial charge < -0.3 is 11.1 Å². The van der Waals surface area contributed by atoms with Crippen molar-refractivity contribution in [3.8, 4) is 0 Å². The van der Waals surface area contributed by atoms with Gasteiger partial charge in [0.15, 0.2) is 0 Å². The predicted octanol–water partition coefficient (Wildman–Crippen LogP) is 2.17. The Labute approximate surface area is 97.0 Å². The van der Waals surface area contributed by atoms with Crippen LogP contribution in [-0.4, -0.2) is 12.5 Å². The molecule has 1 unspecified atom stereocenters. The van der Waals surface area contributed by atoms with E-state index in [0.29, 0.717) is 6.54 Å². The molecule has 1 atom stereocenters. The Balaban J connectivity index is 2.76. The Morgan fingerprint density at radius 2 is 2.06 bits per heavy atom. The average molecular weight is 220 g/mol. The number of para-hydroxylation sites is 1. The Bertz CT molecular complexity index is 346. The first-order chi connectivity index (χ1) is 7.72. The molecule has 0 bridgehead atoms. The maximum absolute atomic E-state index is 11.9. The number of amides is 1. The van der Waals surface area contributed by atoms with E-state index in [9.17, 15) is 4.79 Å². The molecule has 3 nitrogen and oxygen atoms in total. The fourth-order valence-electron chi connectivity index (χ4n) is 1.64. The van der Waals surface area contributed by atoms with Crippen LogP contribution >= 0.6 is 0 Å². The second-order valence-electron chi connectivity index (χ2n) is 3.84. The van der Waals surface area contributed by atoms with E-state index in [1.54, 1.807) is 0 Å². The smallest absolute Gasteiger partial charge is 0.228 e. The van der Waals surface area contributed by atoms with Gasteiger partial charge in [-0.25, -0.2) is 0 Å². The Morgan fingerprint density at radius 3 is 2.62 bits per heavy atom. The van der Waals surface area contributed by atoms with Crippen LogP contribution in [0.1, 0.15) is 25.8 Å². The summed E-state index contributed by atoms with van der Waals surface area (Å²) in [4.78, 5) is 11.9. The molecule has 16 heavy (non-hydrogen) atoms. The van der Waals surface area contributed by atoms with Crippen molar-refractivity contribution in [3.05, 3.63) is 29.8 Å². The molecule has 0 aliphatic rings. The van der Waals surface area contributed by atoms with Gasteiger partial charge in [0.1, 0.15) is 0 Å². The number of carbonyl (C=O) groups excluding carboxylic acids is 1. The molecule has 0 aliphatic carbocycles. The lowest BCUT2D eigenvalue weighted by Crippen LogP contribution is -2.28. The van der Waals surface area contributed by atoms with Crippen LogP contribution in [0.4, 0.5) is 5.69 Å². The van der Waals surface area contributed by atoms with Crippen LogP contribution in [-0.2, 0) is 11.2 Å². The van der Waals surface area contributed by atoms with Crippen molar-refractivity contribution in [1.82, 2.24) is 0 Å². The Morgan fingerprint density at radius 1 is 1.38 bits per heavy atom. The molecule has 1 aromatic carbocycles. The summed E-state index contributed by atoms with van der Waals surface area (Å²) in [5.41, 5.74) is 7.61. The highest BCUT2D eigenvalue weighted by Crippen LogP contribution is 2.16. The van der Waals surface area contributed by atoms with E-state index in [1.807, 2.05) is 31.2 Å². The van der Waals surface area contributed by atoms with Gasteiger partial charge in [0.25, 0.3) is 0 Å². The summed E-state index contributed by atoms with van der Waals surface area (Å²) in [6, 6.07) is 7.87. The number of anilines is 1. The Hall–Kier alpha value is -1.35. The lowest BCUT2D eigenvalue weighted by atomic mass is 10.1. The number of rotatable bonds is 5. The molecule has 1 amide bonds. The largest absolute Gasteiger partial charge is 0.330 e. The number of aryl methyl sites for hydroxylation is 1. The first-order valence-corrected chi connectivity index (χ1v) is 5.81. The first kappa shape index (κ1) is 12.7. The predicted molar refractivity (Wildman–Crippen MR) is 67.3 cm³/mol. The molecular weight excluding hydrogens is 200 g/mol. The molecule has 0 aliphatic heterocycles. The van der Waals surface area contributed by atoms with Gasteiger partial charge in [0.05, 0.1) is 5.92 Å². The molecule has 1 aromatic rings. The van der Waals surface area contributed by atoms with E-state index < -0.39 is 0 Å². The van der Waals surface area contributed by atoms with Gasteiger partial charge in [-0.1, -0.05) is 32.0 Å². The van der Waals surface area contributed by atoms with Crippen molar-refractivity contribution in [2.75, 3.05) is 11.9 Å². The van der Waals surface area contributed by atoms with Gasteiger partial charge in [-0.2, -0.15) is 0 Å². The summed E-state index contributed by atoms with van der Waals surface area (Å²) in [5, 5.41) is 2.94. The highest BCUT2D eigenvalue weighted by molar-refractivity contribution is 5.93. The maximum Gasteiger partial charge on any atom is 0.228 e. The molecule has 0 spiro atoms. The van der Waals surface area contributed by atoms with Crippen LogP contribution in [0.25, 0.3) is 0 Å². The minimum atomic E-state index is -0.0927. The van der Waals surface area contributed by atoms with E-state index in [-0.39, 0.29) is 11.8 Å². The van der Waals surface area contributed by atoms with Crippen molar-refractivity contribution in [1.29, 1.82) is 0 Å². The average Bonchev–Trinajstić information content (AvgIpc) is 2.31. The molecule has 0 aromatic heterocycles. The van der Waals surface area contributed by atoms with Gasteiger partial charge in [0, 0.05) is 12.2 Å². The number of nitrogens with one attached hydrogen (secondary N) is 1. The summed E-state index contributed by atoms with van der Waals surface area (Å²) in [6.07, 6.45) is 1.69. The van der Waals surface area contributed by atoms with Crippen LogP contribution in [0.3, 0.4) is 0 Å². The molecule has 3 N–H and O–H groups in total. The normalized spacial score (nSPS) is 12.2. The molecule has 0 saturated carbocycles. The van der Waals surface area contributed by atoms with E-state index in [0.717, 1.165) is 24.1 Å². The van der Waals surface area contributed by atoms with Gasteiger partial charge in [0.2, 0.25) is 5.91 Å². The standard InChI is InChI=1S/C13H20N2O/c1-3-10-7-5-6-8-12(10)15-13(16)11(4-2)9-14/h5-8,11H,3-4,9,14H2,1-2H3,(H,15,16). The third-order valence-corrected chi connectivity index (χ3v) is 2.80. The summed E-state index contributed by atoms with van der Waals surface area (Å²) >= 11 is 0. The molecule has 0 heterocycles. The van der Waals surface area contributed by atoms with E-state index >= 15 is 0 Å². The topological polar surface area (TPSA) is 55.1 Å². The lowest BCUT2D eigenvalue weighted by molar-refractivity contribution is -0.119.